The Balaban J connectivity index is 2.24. The average molecular weight is 255 g/mol. The summed E-state index contributed by atoms with van der Waals surface area (Å²) in [4.78, 5) is 6.93. The van der Waals surface area contributed by atoms with E-state index in [1.54, 1.807) is 0 Å². The molecule has 2 rings (SSSR count). The Labute approximate surface area is 115 Å². The average Bonchev–Trinajstić information content (AvgIpc) is 2.45. The lowest BCUT2D eigenvalue weighted by Crippen LogP contribution is -2.31. The maximum absolute atomic E-state index is 4.62. The summed E-state index contributed by atoms with van der Waals surface area (Å²) in [6.45, 7) is 5.26. The zero-order valence-electron chi connectivity index (χ0n) is 11.8. The van der Waals surface area contributed by atoms with Crippen LogP contribution in [0.5, 0.6) is 0 Å². The van der Waals surface area contributed by atoms with Crippen molar-refractivity contribution in [3.05, 3.63) is 54.1 Å². The molecule has 3 nitrogen and oxygen atoms in total. The van der Waals surface area contributed by atoms with E-state index in [4.69, 9.17) is 0 Å². The van der Waals surface area contributed by atoms with Gasteiger partial charge in [0.05, 0.1) is 0 Å². The summed E-state index contributed by atoms with van der Waals surface area (Å²) in [6, 6.07) is 17.0. The Morgan fingerprint density at radius 3 is 2.42 bits per heavy atom. The molecule has 0 saturated carbocycles. The van der Waals surface area contributed by atoms with Gasteiger partial charge in [-0.3, -0.25) is 0 Å². The van der Waals surface area contributed by atoms with E-state index in [1.165, 1.54) is 5.56 Å². The summed E-state index contributed by atoms with van der Waals surface area (Å²) in [7, 11) is 1.89. The standard InChI is InChI=1S/C16H21N3/c1-13(2)19(12-14-8-5-4-6-9-14)16-11-7-10-15(17-3)18-16/h4-11,13H,12H2,1-3H3,(H,17,18). The molecule has 0 radical (unpaired) electrons. The van der Waals surface area contributed by atoms with Gasteiger partial charge in [-0.1, -0.05) is 36.4 Å². The van der Waals surface area contributed by atoms with Gasteiger partial charge in [0, 0.05) is 19.6 Å². The third-order valence-corrected chi connectivity index (χ3v) is 3.10. The second kappa shape index (κ2) is 6.23. The summed E-state index contributed by atoms with van der Waals surface area (Å²) in [6.07, 6.45) is 0. The van der Waals surface area contributed by atoms with Gasteiger partial charge < -0.3 is 10.2 Å². The molecule has 1 aromatic heterocycles. The SMILES string of the molecule is CNc1cccc(N(Cc2ccccc2)C(C)C)n1. The number of pyridine rings is 1. The molecule has 1 aromatic carbocycles. The summed E-state index contributed by atoms with van der Waals surface area (Å²) in [5.74, 6) is 1.90. The second-order valence-electron chi connectivity index (χ2n) is 4.84. The highest BCUT2D eigenvalue weighted by atomic mass is 15.2. The second-order valence-corrected chi connectivity index (χ2v) is 4.84. The largest absolute Gasteiger partial charge is 0.373 e. The fraction of sp³-hybridized carbons (Fsp3) is 0.312. The fourth-order valence-electron chi connectivity index (χ4n) is 2.03. The van der Waals surface area contributed by atoms with Crippen LogP contribution in [0, 0.1) is 0 Å². The van der Waals surface area contributed by atoms with Crippen LogP contribution in [0.15, 0.2) is 48.5 Å². The van der Waals surface area contributed by atoms with Crippen molar-refractivity contribution in [2.45, 2.75) is 26.4 Å². The van der Waals surface area contributed by atoms with Crippen LogP contribution in [0.3, 0.4) is 0 Å². The molecule has 3 heteroatoms. The molecule has 0 spiro atoms. The van der Waals surface area contributed by atoms with E-state index in [2.05, 4.69) is 59.4 Å². The zero-order chi connectivity index (χ0) is 13.7. The lowest BCUT2D eigenvalue weighted by atomic mass is 10.2. The Kier molecular flexibility index (Phi) is 4.39. The number of rotatable bonds is 5. The predicted molar refractivity (Wildman–Crippen MR) is 81.5 cm³/mol. The molecule has 0 fully saturated rings. The van der Waals surface area contributed by atoms with Crippen molar-refractivity contribution in [2.24, 2.45) is 0 Å². The van der Waals surface area contributed by atoms with Crippen LogP contribution < -0.4 is 10.2 Å². The van der Waals surface area contributed by atoms with Crippen LogP contribution in [0.1, 0.15) is 19.4 Å². The van der Waals surface area contributed by atoms with E-state index in [0.717, 1.165) is 18.2 Å². The monoisotopic (exact) mass is 255 g/mol. The van der Waals surface area contributed by atoms with Crippen molar-refractivity contribution < 1.29 is 0 Å². The molecule has 1 N–H and O–H groups in total. The van der Waals surface area contributed by atoms with E-state index in [-0.39, 0.29) is 0 Å². The van der Waals surface area contributed by atoms with Gasteiger partial charge in [0.25, 0.3) is 0 Å². The molecule has 0 bridgehead atoms. The molecule has 2 aromatic rings. The quantitative estimate of drug-likeness (QED) is 0.885. The number of hydrogen-bond acceptors (Lipinski definition) is 3. The highest BCUT2D eigenvalue weighted by molar-refractivity contribution is 5.47. The molecule has 19 heavy (non-hydrogen) atoms. The highest BCUT2D eigenvalue weighted by Crippen LogP contribution is 2.19. The van der Waals surface area contributed by atoms with E-state index < -0.39 is 0 Å². The van der Waals surface area contributed by atoms with Gasteiger partial charge in [0.2, 0.25) is 0 Å². The summed E-state index contributed by atoms with van der Waals surface area (Å²) in [5, 5.41) is 3.09. The first-order valence-electron chi connectivity index (χ1n) is 6.66. The van der Waals surface area contributed by atoms with Crippen molar-refractivity contribution in [2.75, 3.05) is 17.3 Å². The lowest BCUT2D eigenvalue weighted by Gasteiger charge is -2.28. The van der Waals surface area contributed by atoms with Crippen LogP contribution >= 0.6 is 0 Å². The minimum absolute atomic E-state index is 0.403. The number of nitrogens with one attached hydrogen (secondary N) is 1. The van der Waals surface area contributed by atoms with Crippen LogP contribution in [-0.2, 0) is 6.54 Å². The van der Waals surface area contributed by atoms with Crippen molar-refractivity contribution in [3.63, 3.8) is 0 Å². The minimum Gasteiger partial charge on any atom is -0.373 e. The molecule has 0 atom stereocenters. The third kappa shape index (κ3) is 3.47. The maximum atomic E-state index is 4.62. The molecule has 0 aliphatic heterocycles. The molecular weight excluding hydrogens is 234 g/mol. The number of aromatic nitrogens is 1. The van der Waals surface area contributed by atoms with Gasteiger partial charge in [-0.05, 0) is 31.5 Å². The van der Waals surface area contributed by atoms with Gasteiger partial charge in [-0.2, -0.15) is 0 Å². The Hall–Kier alpha value is -2.03. The first-order chi connectivity index (χ1) is 9.20. The third-order valence-electron chi connectivity index (χ3n) is 3.10. The normalized spacial score (nSPS) is 10.5. The Bertz CT molecular complexity index is 508. The number of anilines is 2. The lowest BCUT2D eigenvalue weighted by molar-refractivity contribution is 0.673. The number of benzene rings is 1. The summed E-state index contributed by atoms with van der Waals surface area (Å²) >= 11 is 0. The first-order valence-corrected chi connectivity index (χ1v) is 6.66. The van der Waals surface area contributed by atoms with Crippen molar-refractivity contribution in [1.82, 2.24) is 4.98 Å². The van der Waals surface area contributed by atoms with Crippen molar-refractivity contribution in [3.8, 4) is 0 Å². The van der Waals surface area contributed by atoms with Crippen LogP contribution in [0.25, 0.3) is 0 Å². The topological polar surface area (TPSA) is 28.2 Å². The van der Waals surface area contributed by atoms with Gasteiger partial charge in [0.1, 0.15) is 11.6 Å². The molecule has 0 aliphatic carbocycles. The van der Waals surface area contributed by atoms with E-state index in [0.29, 0.717) is 6.04 Å². The zero-order valence-corrected chi connectivity index (χ0v) is 11.8. The molecule has 0 unspecified atom stereocenters. The molecular formula is C16H21N3. The smallest absolute Gasteiger partial charge is 0.131 e. The Morgan fingerprint density at radius 1 is 1.05 bits per heavy atom. The summed E-state index contributed by atoms with van der Waals surface area (Å²) < 4.78 is 0. The van der Waals surface area contributed by atoms with Crippen LogP contribution in [0.4, 0.5) is 11.6 Å². The molecule has 0 amide bonds. The Morgan fingerprint density at radius 2 is 1.79 bits per heavy atom. The van der Waals surface area contributed by atoms with Crippen molar-refractivity contribution in [1.29, 1.82) is 0 Å². The molecule has 1 heterocycles. The van der Waals surface area contributed by atoms with E-state index in [9.17, 15) is 0 Å². The first kappa shape index (κ1) is 13.4. The van der Waals surface area contributed by atoms with Gasteiger partial charge in [0.15, 0.2) is 0 Å². The van der Waals surface area contributed by atoms with Crippen LogP contribution in [-0.4, -0.2) is 18.1 Å². The van der Waals surface area contributed by atoms with E-state index >= 15 is 0 Å². The van der Waals surface area contributed by atoms with E-state index in [1.807, 2.05) is 25.2 Å². The number of hydrogen-bond donors (Lipinski definition) is 1. The van der Waals surface area contributed by atoms with Gasteiger partial charge in [-0.15, -0.1) is 0 Å². The molecule has 0 aliphatic rings. The summed E-state index contributed by atoms with van der Waals surface area (Å²) in [5.41, 5.74) is 1.30. The maximum Gasteiger partial charge on any atom is 0.131 e. The highest BCUT2D eigenvalue weighted by Gasteiger charge is 2.12. The minimum atomic E-state index is 0.403. The van der Waals surface area contributed by atoms with Gasteiger partial charge >= 0.3 is 0 Å². The van der Waals surface area contributed by atoms with Gasteiger partial charge in [-0.25, -0.2) is 4.98 Å². The van der Waals surface area contributed by atoms with Crippen LogP contribution in [0.2, 0.25) is 0 Å². The fourth-order valence-corrected chi connectivity index (χ4v) is 2.03. The molecule has 0 saturated heterocycles. The predicted octanol–water partition coefficient (Wildman–Crippen LogP) is 3.54. The molecule has 100 valence electrons. The number of nitrogens with zero attached hydrogens (tertiary/aromatic N) is 2. The van der Waals surface area contributed by atoms with Crippen molar-refractivity contribution >= 4 is 11.6 Å².